The van der Waals surface area contributed by atoms with Crippen LogP contribution in [0.3, 0.4) is 0 Å². The lowest BCUT2D eigenvalue weighted by molar-refractivity contribution is -0.119. The van der Waals surface area contributed by atoms with Crippen LogP contribution >= 0.6 is 23.1 Å². The predicted octanol–water partition coefficient (Wildman–Crippen LogP) is 2.90. The van der Waals surface area contributed by atoms with E-state index in [1.165, 1.54) is 23.1 Å². The van der Waals surface area contributed by atoms with Crippen molar-refractivity contribution in [2.45, 2.75) is 30.6 Å². The number of carbonyl (C=O) groups is 1. The number of nitrogens with zero attached hydrogens (tertiary/aromatic N) is 2. The Balaban J connectivity index is 1.52. The number of thioether (sulfide) groups is 1. The number of thiophene rings is 1. The van der Waals surface area contributed by atoms with E-state index in [-0.39, 0.29) is 23.3 Å². The molecular formula is C21H23N3O4S2. The van der Waals surface area contributed by atoms with E-state index in [9.17, 15) is 9.59 Å². The van der Waals surface area contributed by atoms with Crippen LogP contribution in [-0.4, -0.2) is 47.6 Å². The monoisotopic (exact) mass is 445 g/mol. The standard InChI is InChI=1S/C21H23N3O4S2/c1-27-15-5-2-4-14(10-15)12-24-20(26)19-17(7-9-29-19)23-21(24)30-13-18(25)22-11-16-6-3-8-28-16/h2,4-5,7,9-10,16H,3,6,8,11-13H2,1H3,(H,22,25). The summed E-state index contributed by atoms with van der Waals surface area (Å²) in [6.07, 6.45) is 2.12. The summed E-state index contributed by atoms with van der Waals surface area (Å²) in [5, 5.41) is 5.30. The number of hydrogen-bond acceptors (Lipinski definition) is 7. The van der Waals surface area contributed by atoms with E-state index < -0.39 is 0 Å². The molecule has 1 amide bonds. The number of hydrogen-bond donors (Lipinski definition) is 1. The fraction of sp³-hybridized carbons (Fsp3) is 0.381. The summed E-state index contributed by atoms with van der Waals surface area (Å²) in [7, 11) is 1.61. The van der Waals surface area contributed by atoms with E-state index in [4.69, 9.17) is 9.47 Å². The van der Waals surface area contributed by atoms with Gasteiger partial charge in [-0.15, -0.1) is 11.3 Å². The molecule has 1 N–H and O–H groups in total. The van der Waals surface area contributed by atoms with Crippen molar-refractivity contribution >= 4 is 39.2 Å². The van der Waals surface area contributed by atoms with Crippen LogP contribution in [-0.2, 0) is 16.1 Å². The zero-order valence-corrected chi connectivity index (χ0v) is 18.3. The van der Waals surface area contributed by atoms with Gasteiger partial charge in [-0.2, -0.15) is 0 Å². The Morgan fingerprint density at radius 1 is 1.43 bits per heavy atom. The first-order valence-electron chi connectivity index (χ1n) is 9.76. The molecule has 1 saturated heterocycles. The third-order valence-electron chi connectivity index (χ3n) is 4.89. The lowest BCUT2D eigenvalue weighted by Gasteiger charge is -2.13. The van der Waals surface area contributed by atoms with Crippen LogP contribution in [0.25, 0.3) is 10.2 Å². The highest BCUT2D eigenvalue weighted by atomic mass is 32.2. The van der Waals surface area contributed by atoms with Gasteiger partial charge >= 0.3 is 0 Å². The molecule has 0 spiro atoms. The Bertz CT molecular complexity index is 1090. The maximum Gasteiger partial charge on any atom is 0.272 e. The Labute approximate surface area is 182 Å². The summed E-state index contributed by atoms with van der Waals surface area (Å²) in [6.45, 7) is 1.64. The molecule has 4 rings (SSSR count). The first-order chi connectivity index (χ1) is 14.6. The van der Waals surface area contributed by atoms with Crippen molar-refractivity contribution < 1.29 is 14.3 Å². The van der Waals surface area contributed by atoms with Crippen molar-refractivity contribution in [2.24, 2.45) is 0 Å². The number of carbonyl (C=O) groups excluding carboxylic acids is 1. The molecule has 1 atom stereocenters. The minimum absolute atomic E-state index is 0.0944. The highest BCUT2D eigenvalue weighted by Gasteiger charge is 2.18. The van der Waals surface area contributed by atoms with E-state index in [1.807, 2.05) is 35.7 Å². The number of methoxy groups -OCH3 is 1. The van der Waals surface area contributed by atoms with Gasteiger partial charge in [0.1, 0.15) is 10.4 Å². The maximum absolute atomic E-state index is 13.1. The summed E-state index contributed by atoms with van der Waals surface area (Å²) < 4.78 is 13.1. The topological polar surface area (TPSA) is 82.4 Å². The minimum atomic E-state index is -0.0971. The predicted molar refractivity (Wildman–Crippen MR) is 119 cm³/mol. The van der Waals surface area contributed by atoms with Crippen molar-refractivity contribution in [1.82, 2.24) is 14.9 Å². The first-order valence-corrected chi connectivity index (χ1v) is 11.6. The third-order valence-corrected chi connectivity index (χ3v) is 6.76. The second-order valence-corrected chi connectivity index (χ2v) is 8.86. The van der Waals surface area contributed by atoms with Crippen LogP contribution < -0.4 is 15.6 Å². The van der Waals surface area contributed by atoms with Gasteiger partial charge in [-0.3, -0.25) is 14.2 Å². The SMILES string of the molecule is COc1cccc(Cn2c(SCC(=O)NCC3CCCO3)nc3ccsc3c2=O)c1. The smallest absolute Gasteiger partial charge is 0.272 e. The highest BCUT2D eigenvalue weighted by molar-refractivity contribution is 7.99. The van der Waals surface area contributed by atoms with Crippen LogP contribution in [0.1, 0.15) is 18.4 Å². The van der Waals surface area contributed by atoms with E-state index >= 15 is 0 Å². The van der Waals surface area contributed by atoms with Gasteiger partial charge in [-0.1, -0.05) is 23.9 Å². The second kappa shape index (κ2) is 9.63. The molecule has 3 heterocycles. The molecule has 2 aromatic heterocycles. The van der Waals surface area contributed by atoms with Crippen molar-refractivity contribution in [1.29, 1.82) is 0 Å². The van der Waals surface area contributed by atoms with Gasteiger partial charge < -0.3 is 14.8 Å². The van der Waals surface area contributed by atoms with Gasteiger partial charge in [0, 0.05) is 13.2 Å². The lowest BCUT2D eigenvalue weighted by Crippen LogP contribution is -2.33. The van der Waals surface area contributed by atoms with Gasteiger partial charge in [0.05, 0.1) is 31.0 Å². The van der Waals surface area contributed by atoms with Crippen molar-refractivity contribution in [3.63, 3.8) is 0 Å². The fourth-order valence-corrected chi connectivity index (χ4v) is 4.95. The van der Waals surface area contributed by atoms with Gasteiger partial charge in [0.2, 0.25) is 5.91 Å². The molecule has 158 valence electrons. The number of nitrogens with one attached hydrogen (secondary N) is 1. The summed E-state index contributed by atoms with van der Waals surface area (Å²) in [6, 6.07) is 9.42. The van der Waals surface area contributed by atoms with E-state index in [0.29, 0.717) is 28.5 Å². The maximum atomic E-state index is 13.1. The molecule has 1 aliphatic heterocycles. The average molecular weight is 446 g/mol. The summed E-state index contributed by atoms with van der Waals surface area (Å²) in [5.74, 6) is 0.823. The van der Waals surface area contributed by atoms with Crippen LogP contribution in [0.4, 0.5) is 0 Å². The van der Waals surface area contributed by atoms with E-state index in [2.05, 4.69) is 10.3 Å². The molecule has 0 saturated carbocycles. The van der Waals surface area contributed by atoms with Crippen LogP contribution in [0.5, 0.6) is 5.75 Å². The summed E-state index contributed by atoms with van der Waals surface area (Å²) in [4.78, 5) is 30.0. The first kappa shape index (κ1) is 20.9. The quantitative estimate of drug-likeness (QED) is 0.424. The minimum Gasteiger partial charge on any atom is -0.497 e. The number of fused-ring (bicyclic) bond motifs is 1. The number of benzene rings is 1. The lowest BCUT2D eigenvalue weighted by atomic mass is 10.2. The third kappa shape index (κ3) is 4.85. The fourth-order valence-electron chi connectivity index (χ4n) is 3.34. The molecule has 0 bridgehead atoms. The largest absolute Gasteiger partial charge is 0.497 e. The van der Waals surface area contributed by atoms with Crippen LogP contribution in [0, 0.1) is 0 Å². The van der Waals surface area contributed by atoms with Gasteiger partial charge in [0.25, 0.3) is 5.56 Å². The second-order valence-electron chi connectivity index (χ2n) is 7.00. The number of rotatable bonds is 8. The molecule has 0 radical (unpaired) electrons. The Kier molecular flexibility index (Phi) is 6.71. The molecule has 7 nitrogen and oxygen atoms in total. The van der Waals surface area contributed by atoms with Gasteiger partial charge in [-0.05, 0) is 42.0 Å². The normalized spacial score (nSPS) is 16.1. The van der Waals surface area contributed by atoms with Gasteiger partial charge in [-0.25, -0.2) is 4.98 Å². The molecular weight excluding hydrogens is 422 g/mol. The molecule has 1 unspecified atom stereocenters. The molecule has 1 aromatic carbocycles. The van der Waals surface area contributed by atoms with Crippen LogP contribution in [0.2, 0.25) is 0 Å². The Hall–Kier alpha value is -2.36. The Morgan fingerprint density at radius 2 is 2.33 bits per heavy atom. The van der Waals surface area contributed by atoms with E-state index in [1.54, 1.807) is 11.7 Å². The number of ether oxygens (including phenoxy) is 2. The Morgan fingerprint density at radius 3 is 3.13 bits per heavy atom. The molecule has 1 fully saturated rings. The summed E-state index contributed by atoms with van der Waals surface area (Å²) in [5.41, 5.74) is 1.49. The zero-order chi connectivity index (χ0) is 20.9. The number of aromatic nitrogens is 2. The summed E-state index contributed by atoms with van der Waals surface area (Å²) >= 11 is 2.65. The van der Waals surface area contributed by atoms with Crippen molar-refractivity contribution in [2.75, 3.05) is 26.0 Å². The number of amides is 1. The van der Waals surface area contributed by atoms with Gasteiger partial charge in [0.15, 0.2) is 5.16 Å². The molecule has 30 heavy (non-hydrogen) atoms. The van der Waals surface area contributed by atoms with Crippen LogP contribution in [0.15, 0.2) is 45.7 Å². The zero-order valence-electron chi connectivity index (χ0n) is 16.6. The van der Waals surface area contributed by atoms with Crippen molar-refractivity contribution in [3.8, 4) is 5.75 Å². The molecule has 1 aliphatic rings. The van der Waals surface area contributed by atoms with Crippen molar-refractivity contribution in [3.05, 3.63) is 51.6 Å². The highest BCUT2D eigenvalue weighted by Crippen LogP contribution is 2.22. The molecule has 0 aliphatic carbocycles. The average Bonchev–Trinajstić information content (AvgIpc) is 3.45. The molecule has 3 aromatic rings. The van der Waals surface area contributed by atoms with E-state index in [0.717, 1.165) is 30.8 Å². The molecule has 9 heteroatoms.